The largest absolute Gasteiger partial charge is 0.421 e. The minimum absolute atomic E-state index is 0.205. The summed E-state index contributed by atoms with van der Waals surface area (Å²) in [6, 6.07) is 11.2. The van der Waals surface area contributed by atoms with Crippen molar-refractivity contribution in [1.82, 2.24) is 14.9 Å². The Labute approximate surface area is 151 Å². The number of nitrogens with zero attached hydrogens (tertiary/aromatic N) is 2. The summed E-state index contributed by atoms with van der Waals surface area (Å²) in [5.74, 6) is 0.850. The van der Waals surface area contributed by atoms with E-state index in [9.17, 15) is 8.42 Å². The number of hydrogen-bond acceptors (Lipinski definition) is 6. The Morgan fingerprint density at radius 3 is 2.68 bits per heavy atom. The van der Waals surface area contributed by atoms with Crippen LogP contribution in [0.4, 0.5) is 0 Å². The first-order valence-electron chi connectivity index (χ1n) is 7.96. The predicted molar refractivity (Wildman–Crippen MR) is 97.1 cm³/mol. The topological polar surface area (TPSA) is 85.1 Å². The van der Waals surface area contributed by atoms with Crippen molar-refractivity contribution in [2.24, 2.45) is 0 Å². The van der Waals surface area contributed by atoms with E-state index in [2.05, 4.69) is 14.9 Å². The zero-order valence-corrected chi connectivity index (χ0v) is 15.7. The van der Waals surface area contributed by atoms with Crippen LogP contribution >= 0.6 is 11.3 Å². The van der Waals surface area contributed by atoms with Gasteiger partial charge in [0.25, 0.3) is 0 Å². The van der Waals surface area contributed by atoms with Gasteiger partial charge in [-0.1, -0.05) is 25.1 Å². The molecule has 132 valence electrons. The number of rotatable bonds is 7. The first-order valence-corrected chi connectivity index (χ1v) is 10.3. The van der Waals surface area contributed by atoms with Crippen molar-refractivity contribution in [2.75, 3.05) is 6.54 Å². The summed E-state index contributed by atoms with van der Waals surface area (Å²) < 4.78 is 33.1. The van der Waals surface area contributed by atoms with Crippen molar-refractivity contribution in [3.63, 3.8) is 0 Å². The van der Waals surface area contributed by atoms with Crippen LogP contribution in [0, 0.1) is 6.92 Å². The van der Waals surface area contributed by atoms with Gasteiger partial charge in [0.1, 0.15) is 4.21 Å². The monoisotopic (exact) mass is 377 g/mol. The number of hydrogen-bond donors (Lipinski definition) is 1. The first kappa shape index (κ1) is 17.8. The van der Waals surface area contributed by atoms with Gasteiger partial charge in [0.05, 0.1) is 0 Å². The molecule has 0 aliphatic rings. The maximum absolute atomic E-state index is 12.3. The minimum atomic E-state index is -3.49. The molecule has 0 atom stereocenters. The predicted octanol–water partition coefficient (Wildman–Crippen LogP) is 3.19. The van der Waals surface area contributed by atoms with E-state index in [4.69, 9.17) is 4.42 Å². The van der Waals surface area contributed by atoms with E-state index in [1.54, 1.807) is 6.07 Å². The van der Waals surface area contributed by atoms with Crippen LogP contribution < -0.4 is 4.72 Å². The molecule has 25 heavy (non-hydrogen) atoms. The van der Waals surface area contributed by atoms with Gasteiger partial charge >= 0.3 is 0 Å². The van der Waals surface area contributed by atoms with Crippen LogP contribution in [0.2, 0.25) is 0 Å². The fraction of sp³-hybridized carbons (Fsp3) is 0.294. The van der Waals surface area contributed by atoms with Crippen LogP contribution in [0.5, 0.6) is 0 Å². The summed E-state index contributed by atoms with van der Waals surface area (Å²) in [7, 11) is -3.49. The van der Waals surface area contributed by atoms with Gasteiger partial charge in [0.2, 0.25) is 21.8 Å². The molecule has 0 unspecified atom stereocenters. The molecule has 0 bridgehead atoms. The van der Waals surface area contributed by atoms with Gasteiger partial charge in [0, 0.05) is 23.4 Å². The van der Waals surface area contributed by atoms with Crippen LogP contribution in [-0.4, -0.2) is 25.2 Å². The van der Waals surface area contributed by atoms with Gasteiger partial charge in [-0.2, -0.15) is 0 Å². The summed E-state index contributed by atoms with van der Waals surface area (Å²) >= 11 is 1.29. The van der Waals surface area contributed by atoms with E-state index in [1.807, 2.05) is 44.2 Å². The molecule has 0 saturated heterocycles. The summed E-state index contributed by atoms with van der Waals surface area (Å²) in [5.41, 5.74) is 1.93. The standard InChI is InChI=1S/C17H19N3O3S2/c1-3-13-8-9-16(24-13)25(21,22)18-11-10-15-19-20-17(23-15)14-7-5-4-6-12(14)2/h4-9,18H,3,10-11H2,1-2H3. The van der Waals surface area contributed by atoms with Crippen LogP contribution in [0.1, 0.15) is 23.3 Å². The van der Waals surface area contributed by atoms with Crippen molar-refractivity contribution in [2.45, 2.75) is 30.9 Å². The Balaban J connectivity index is 1.62. The van der Waals surface area contributed by atoms with Crippen LogP contribution in [0.15, 0.2) is 45.0 Å². The van der Waals surface area contributed by atoms with Gasteiger partial charge in [-0.25, -0.2) is 13.1 Å². The molecule has 0 aliphatic heterocycles. The summed E-state index contributed by atoms with van der Waals surface area (Å²) in [6.07, 6.45) is 1.16. The van der Waals surface area contributed by atoms with Crippen molar-refractivity contribution < 1.29 is 12.8 Å². The van der Waals surface area contributed by atoms with Crippen LogP contribution in [0.25, 0.3) is 11.5 Å². The number of thiophene rings is 1. The Bertz CT molecular complexity index is 961. The normalized spacial score (nSPS) is 11.8. The van der Waals surface area contributed by atoms with E-state index in [-0.39, 0.29) is 6.54 Å². The summed E-state index contributed by atoms with van der Waals surface area (Å²) in [4.78, 5) is 1.04. The molecule has 6 nitrogen and oxygen atoms in total. The lowest BCUT2D eigenvalue weighted by atomic mass is 10.1. The zero-order valence-electron chi connectivity index (χ0n) is 14.0. The smallest absolute Gasteiger partial charge is 0.250 e. The first-order chi connectivity index (χ1) is 12.0. The van der Waals surface area contributed by atoms with Crippen molar-refractivity contribution in [3.8, 4) is 11.5 Å². The molecule has 0 radical (unpaired) electrons. The Morgan fingerprint density at radius 1 is 1.16 bits per heavy atom. The molecule has 8 heteroatoms. The number of aryl methyl sites for hydroxylation is 2. The van der Waals surface area contributed by atoms with Crippen molar-refractivity contribution >= 4 is 21.4 Å². The van der Waals surface area contributed by atoms with E-state index in [1.165, 1.54) is 11.3 Å². The average molecular weight is 377 g/mol. The molecular formula is C17H19N3O3S2. The highest BCUT2D eigenvalue weighted by atomic mass is 32.2. The molecule has 0 saturated carbocycles. The lowest BCUT2D eigenvalue weighted by Crippen LogP contribution is -2.25. The van der Waals surface area contributed by atoms with E-state index in [0.29, 0.717) is 22.4 Å². The highest BCUT2D eigenvalue weighted by Gasteiger charge is 2.17. The fourth-order valence-electron chi connectivity index (χ4n) is 2.33. The molecule has 0 fully saturated rings. The molecule has 2 heterocycles. The zero-order chi connectivity index (χ0) is 17.9. The van der Waals surface area contributed by atoms with Crippen molar-refractivity contribution in [1.29, 1.82) is 0 Å². The van der Waals surface area contributed by atoms with Gasteiger partial charge in [-0.15, -0.1) is 21.5 Å². The minimum Gasteiger partial charge on any atom is -0.421 e. The van der Waals surface area contributed by atoms with Crippen LogP contribution in [-0.2, 0) is 22.9 Å². The number of benzene rings is 1. The molecule has 0 spiro atoms. The molecule has 0 aliphatic carbocycles. The highest BCUT2D eigenvalue weighted by Crippen LogP contribution is 2.23. The molecule has 1 N–H and O–H groups in total. The Kier molecular flexibility index (Phi) is 5.31. The maximum Gasteiger partial charge on any atom is 0.250 e. The SMILES string of the molecule is CCc1ccc(S(=O)(=O)NCCc2nnc(-c3ccccc3C)o2)s1. The molecule has 0 amide bonds. The number of sulfonamides is 1. The van der Waals surface area contributed by atoms with Crippen molar-refractivity contribution in [3.05, 3.63) is 52.7 Å². The van der Waals surface area contributed by atoms with Gasteiger partial charge in [-0.3, -0.25) is 0 Å². The van der Waals surface area contributed by atoms with Crippen LogP contribution in [0.3, 0.4) is 0 Å². The molecule has 1 aromatic carbocycles. The molecule has 3 aromatic rings. The van der Waals surface area contributed by atoms with E-state index >= 15 is 0 Å². The third-order valence-electron chi connectivity index (χ3n) is 3.72. The quantitative estimate of drug-likeness (QED) is 0.683. The lowest BCUT2D eigenvalue weighted by Gasteiger charge is -2.02. The lowest BCUT2D eigenvalue weighted by molar-refractivity contribution is 0.502. The second-order valence-corrected chi connectivity index (χ2v) is 8.70. The third-order valence-corrected chi connectivity index (χ3v) is 6.91. The number of nitrogens with one attached hydrogen (secondary N) is 1. The van der Waals surface area contributed by atoms with Gasteiger partial charge in [0.15, 0.2) is 0 Å². The second kappa shape index (κ2) is 7.47. The van der Waals surface area contributed by atoms with Gasteiger partial charge in [-0.05, 0) is 37.1 Å². The second-order valence-electron chi connectivity index (χ2n) is 5.54. The third kappa shape index (κ3) is 4.15. The van der Waals surface area contributed by atoms with E-state index in [0.717, 1.165) is 22.4 Å². The Hall–Kier alpha value is -2.03. The summed E-state index contributed by atoms with van der Waals surface area (Å²) in [5, 5.41) is 8.04. The molecule has 3 rings (SSSR count). The van der Waals surface area contributed by atoms with Gasteiger partial charge < -0.3 is 4.42 Å². The van der Waals surface area contributed by atoms with E-state index < -0.39 is 10.0 Å². The fourth-order valence-corrected chi connectivity index (χ4v) is 4.70. The number of aromatic nitrogens is 2. The Morgan fingerprint density at radius 2 is 1.96 bits per heavy atom. The highest BCUT2D eigenvalue weighted by molar-refractivity contribution is 7.91. The average Bonchev–Trinajstić information content (AvgIpc) is 3.24. The molecular weight excluding hydrogens is 358 g/mol. The summed E-state index contributed by atoms with van der Waals surface area (Å²) in [6.45, 7) is 4.17. The molecule has 2 aromatic heterocycles. The maximum atomic E-state index is 12.3.